The van der Waals surface area contributed by atoms with Gasteiger partial charge in [0.25, 0.3) is 0 Å². The fourth-order valence-corrected chi connectivity index (χ4v) is 3.98. The van der Waals surface area contributed by atoms with Crippen molar-refractivity contribution in [3.8, 4) is 0 Å². The van der Waals surface area contributed by atoms with Crippen LogP contribution in [0, 0.1) is 0 Å². The Morgan fingerprint density at radius 1 is 1.50 bits per heavy atom. The molecule has 0 aromatic heterocycles. The minimum atomic E-state index is -1.30. The second-order valence-electron chi connectivity index (χ2n) is 4.22. The smallest absolute Gasteiger partial charge is 0.187 e. The Balaban J connectivity index is 2.45. The molecule has 1 saturated heterocycles. The summed E-state index contributed by atoms with van der Waals surface area (Å²) in [7, 11) is -1.30. The summed E-state index contributed by atoms with van der Waals surface area (Å²) in [5, 5.41) is 3.42. The summed E-state index contributed by atoms with van der Waals surface area (Å²) in [6.45, 7) is 9.10. The van der Waals surface area contributed by atoms with E-state index in [2.05, 4.69) is 25.3 Å². The van der Waals surface area contributed by atoms with Gasteiger partial charge in [0.05, 0.1) is 6.10 Å². The van der Waals surface area contributed by atoms with Crippen molar-refractivity contribution in [1.29, 1.82) is 0 Å². The molecule has 1 unspecified atom stereocenters. The molecule has 72 valence electrons. The van der Waals surface area contributed by atoms with Gasteiger partial charge in [-0.2, -0.15) is 0 Å². The third-order valence-electron chi connectivity index (χ3n) is 2.45. The van der Waals surface area contributed by atoms with Gasteiger partial charge in [-0.05, 0) is 38.5 Å². The number of hydrogen-bond acceptors (Lipinski definition) is 2. The van der Waals surface area contributed by atoms with E-state index < -0.39 is 8.32 Å². The first-order valence-electron chi connectivity index (χ1n) is 5.02. The van der Waals surface area contributed by atoms with Gasteiger partial charge in [0.1, 0.15) is 0 Å². The molecule has 1 atom stereocenters. The monoisotopic (exact) mass is 187 g/mol. The molecule has 2 nitrogen and oxygen atoms in total. The maximum atomic E-state index is 6.10. The summed E-state index contributed by atoms with van der Waals surface area (Å²) in [5.41, 5.74) is 0. The predicted octanol–water partition coefficient (Wildman–Crippen LogP) is 1.98. The lowest BCUT2D eigenvalue weighted by molar-refractivity contribution is 0.177. The summed E-state index contributed by atoms with van der Waals surface area (Å²) in [4.78, 5) is 0. The molecule has 0 aliphatic carbocycles. The normalized spacial score (nSPS) is 30.8. The summed E-state index contributed by atoms with van der Waals surface area (Å²) < 4.78 is 6.10. The fraction of sp³-hybridized carbons (Fsp3) is 1.00. The minimum Gasteiger partial charge on any atom is -0.413 e. The number of nitrogens with one attached hydrogen (secondary N) is 1. The van der Waals surface area contributed by atoms with Crippen LogP contribution in [0.1, 0.15) is 19.8 Å². The maximum absolute atomic E-state index is 6.10. The maximum Gasteiger partial charge on any atom is 0.187 e. The molecule has 3 heteroatoms. The lowest BCUT2D eigenvalue weighted by Gasteiger charge is -2.31. The molecule has 1 aliphatic rings. The van der Waals surface area contributed by atoms with Gasteiger partial charge in [-0.15, -0.1) is 0 Å². The standard InChI is InChI=1S/C9H21NOSi/c1-4-9-8-10-6-5-7-12(2,3)11-9/h9-10H,4-8H2,1-3H3. The van der Waals surface area contributed by atoms with Crippen LogP contribution in [0.2, 0.25) is 19.1 Å². The van der Waals surface area contributed by atoms with Crippen LogP contribution in [-0.2, 0) is 4.43 Å². The third kappa shape index (κ3) is 3.25. The Labute approximate surface area is 76.8 Å². The van der Waals surface area contributed by atoms with Crippen LogP contribution in [0.15, 0.2) is 0 Å². The van der Waals surface area contributed by atoms with E-state index in [1.807, 2.05) is 0 Å². The number of rotatable bonds is 1. The molecule has 1 aliphatic heterocycles. The quantitative estimate of drug-likeness (QED) is 0.634. The van der Waals surface area contributed by atoms with Crippen molar-refractivity contribution in [1.82, 2.24) is 5.32 Å². The largest absolute Gasteiger partial charge is 0.413 e. The average molecular weight is 187 g/mol. The van der Waals surface area contributed by atoms with Gasteiger partial charge in [-0.25, -0.2) is 0 Å². The van der Waals surface area contributed by atoms with Gasteiger partial charge >= 0.3 is 0 Å². The van der Waals surface area contributed by atoms with Crippen molar-refractivity contribution < 1.29 is 4.43 Å². The van der Waals surface area contributed by atoms with Crippen LogP contribution < -0.4 is 5.32 Å². The Bertz CT molecular complexity index is 138. The van der Waals surface area contributed by atoms with Crippen molar-refractivity contribution in [2.24, 2.45) is 0 Å². The Morgan fingerprint density at radius 2 is 2.25 bits per heavy atom. The van der Waals surface area contributed by atoms with E-state index in [1.165, 1.54) is 19.0 Å². The predicted molar refractivity (Wildman–Crippen MR) is 54.9 cm³/mol. The molecule has 0 aromatic rings. The summed E-state index contributed by atoms with van der Waals surface area (Å²) >= 11 is 0. The molecule has 1 heterocycles. The van der Waals surface area contributed by atoms with Crippen LogP contribution in [0.4, 0.5) is 0 Å². The Hall–Kier alpha value is 0.137. The van der Waals surface area contributed by atoms with E-state index >= 15 is 0 Å². The first kappa shape index (κ1) is 10.2. The fourth-order valence-electron chi connectivity index (χ4n) is 1.68. The van der Waals surface area contributed by atoms with Gasteiger partial charge < -0.3 is 9.74 Å². The van der Waals surface area contributed by atoms with Crippen molar-refractivity contribution in [3.05, 3.63) is 0 Å². The van der Waals surface area contributed by atoms with E-state index in [9.17, 15) is 0 Å². The zero-order chi connectivity index (χ0) is 9.03. The molecule has 0 amide bonds. The van der Waals surface area contributed by atoms with Crippen molar-refractivity contribution in [2.75, 3.05) is 13.1 Å². The average Bonchev–Trinajstić information content (AvgIpc) is 1.97. The summed E-state index contributed by atoms with van der Waals surface area (Å²) in [6.07, 6.45) is 2.89. The lowest BCUT2D eigenvalue weighted by Crippen LogP contribution is -2.43. The van der Waals surface area contributed by atoms with Gasteiger partial charge in [0.15, 0.2) is 8.32 Å². The van der Waals surface area contributed by atoms with Crippen molar-refractivity contribution in [3.63, 3.8) is 0 Å². The van der Waals surface area contributed by atoms with E-state index in [4.69, 9.17) is 4.43 Å². The highest BCUT2D eigenvalue weighted by atomic mass is 28.4. The Kier molecular flexibility index (Phi) is 3.74. The molecule has 0 aromatic carbocycles. The van der Waals surface area contributed by atoms with E-state index in [-0.39, 0.29) is 0 Å². The zero-order valence-electron chi connectivity index (χ0n) is 8.52. The summed E-state index contributed by atoms with van der Waals surface area (Å²) in [5.74, 6) is 0. The number of hydrogen-bond donors (Lipinski definition) is 1. The minimum absolute atomic E-state index is 0.465. The molecular formula is C9H21NOSi. The second kappa shape index (κ2) is 4.39. The lowest BCUT2D eigenvalue weighted by atomic mass is 10.3. The van der Waals surface area contributed by atoms with Gasteiger partial charge in [0.2, 0.25) is 0 Å². The molecule has 12 heavy (non-hydrogen) atoms. The highest BCUT2D eigenvalue weighted by Gasteiger charge is 2.26. The van der Waals surface area contributed by atoms with Crippen molar-refractivity contribution >= 4 is 8.32 Å². The highest BCUT2D eigenvalue weighted by molar-refractivity contribution is 6.71. The molecular weight excluding hydrogens is 166 g/mol. The molecule has 0 radical (unpaired) electrons. The summed E-state index contributed by atoms with van der Waals surface area (Å²) in [6, 6.07) is 1.30. The van der Waals surface area contributed by atoms with E-state index in [1.54, 1.807) is 0 Å². The van der Waals surface area contributed by atoms with Crippen LogP contribution in [0.5, 0.6) is 0 Å². The van der Waals surface area contributed by atoms with E-state index in [0.29, 0.717) is 6.10 Å². The molecule has 1 fully saturated rings. The molecule has 0 spiro atoms. The second-order valence-corrected chi connectivity index (χ2v) is 8.47. The van der Waals surface area contributed by atoms with E-state index in [0.717, 1.165) is 13.0 Å². The highest BCUT2D eigenvalue weighted by Crippen LogP contribution is 2.18. The SMILES string of the molecule is CCC1CNCCC[Si](C)(C)O1. The molecule has 1 rings (SSSR count). The van der Waals surface area contributed by atoms with Crippen LogP contribution >= 0.6 is 0 Å². The van der Waals surface area contributed by atoms with Gasteiger partial charge in [-0.3, -0.25) is 0 Å². The first-order chi connectivity index (χ1) is 5.64. The zero-order valence-corrected chi connectivity index (χ0v) is 9.52. The first-order valence-corrected chi connectivity index (χ1v) is 8.14. The Morgan fingerprint density at radius 3 is 2.92 bits per heavy atom. The molecule has 0 saturated carbocycles. The molecule has 0 bridgehead atoms. The van der Waals surface area contributed by atoms with Crippen LogP contribution in [0.3, 0.4) is 0 Å². The topological polar surface area (TPSA) is 21.3 Å². The van der Waals surface area contributed by atoms with Gasteiger partial charge in [-0.1, -0.05) is 6.92 Å². The van der Waals surface area contributed by atoms with Crippen LogP contribution in [-0.4, -0.2) is 27.5 Å². The van der Waals surface area contributed by atoms with Crippen molar-refractivity contribution in [2.45, 2.75) is 45.0 Å². The van der Waals surface area contributed by atoms with Gasteiger partial charge in [0, 0.05) is 6.54 Å². The third-order valence-corrected chi connectivity index (χ3v) is 4.97. The van der Waals surface area contributed by atoms with Crippen LogP contribution in [0.25, 0.3) is 0 Å². The molecule has 1 N–H and O–H groups in total.